The third-order valence-electron chi connectivity index (χ3n) is 4.04. The maximum atomic E-state index is 12.7. The molecular formula is C12H19F3N2O3. The second-order valence-corrected chi connectivity index (χ2v) is 5.18. The van der Waals surface area contributed by atoms with Crippen molar-refractivity contribution in [2.24, 2.45) is 5.41 Å². The van der Waals surface area contributed by atoms with Crippen molar-refractivity contribution in [2.75, 3.05) is 6.54 Å². The van der Waals surface area contributed by atoms with Crippen LogP contribution in [0.2, 0.25) is 0 Å². The summed E-state index contributed by atoms with van der Waals surface area (Å²) in [5.74, 6) is -1.07. The zero-order valence-electron chi connectivity index (χ0n) is 11.4. The maximum absolute atomic E-state index is 12.7. The highest BCUT2D eigenvalue weighted by Gasteiger charge is 2.64. The van der Waals surface area contributed by atoms with Crippen molar-refractivity contribution in [3.8, 4) is 0 Å². The minimum absolute atomic E-state index is 0.143. The fourth-order valence-corrected chi connectivity index (χ4v) is 1.99. The molecule has 0 heterocycles. The highest BCUT2D eigenvalue weighted by atomic mass is 19.4. The van der Waals surface area contributed by atoms with E-state index in [0.717, 1.165) is 0 Å². The van der Waals surface area contributed by atoms with Crippen molar-refractivity contribution in [1.82, 2.24) is 10.6 Å². The molecule has 0 aromatic rings. The number of urea groups is 1. The summed E-state index contributed by atoms with van der Waals surface area (Å²) in [7, 11) is 0. The van der Waals surface area contributed by atoms with Gasteiger partial charge >= 0.3 is 18.2 Å². The van der Waals surface area contributed by atoms with Crippen molar-refractivity contribution in [3.05, 3.63) is 0 Å². The fraction of sp³-hybridized carbons (Fsp3) is 0.833. The Labute approximate surface area is 114 Å². The summed E-state index contributed by atoms with van der Waals surface area (Å²) in [5, 5.41) is 13.3. The van der Waals surface area contributed by atoms with Gasteiger partial charge in [-0.1, -0.05) is 13.8 Å². The van der Waals surface area contributed by atoms with Gasteiger partial charge < -0.3 is 15.7 Å². The van der Waals surface area contributed by atoms with E-state index in [4.69, 9.17) is 5.11 Å². The number of aliphatic carboxylic acids is 1. The number of carbonyl (C=O) groups is 2. The van der Waals surface area contributed by atoms with Gasteiger partial charge in [0.1, 0.15) is 5.54 Å². The van der Waals surface area contributed by atoms with Crippen LogP contribution in [-0.4, -0.2) is 35.4 Å². The van der Waals surface area contributed by atoms with Gasteiger partial charge in [0.2, 0.25) is 0 Å². The lowest BCUT2D eigenvalue weighted by Crippen LogP contribution is -2.53. The lowest BCUT2D eigenvalue weighted by atomic mass is 9.82. The van der Waals surface area contributed by atoms with Gasteiger partial charge in [0.25, 0.3) is 0 Å². The van der Waals surface area contributed by atoms with E-state index >= 15 is 0 Å². The molecule has 0 aromatic carbocycles. The quantitative estimate of drug-likeness (QED) is 0.703. The van der Waals surface area contributed by atoms with Crippen LogP contribution in [0.3, 0.4) is 0 Å². The van der Waals surface area contributed by atoms with Crippen LogP contribution in [0.1, 0.15) is 39.5 Å². The number of halogens is 3. The Morgan fingerprint density at radius 2 is 1.70 bits per heavy atom. The van der Waals surface area contributed by atoms with Crippen LogP contribution in [0, 0.1) is 5.41 Å². The molecule has 1 rings (SSSR count). The molecule has 1 saturated carbocycles. The molecule has 0 aliphatic heterocycles. The molecule has 0 radical (unpaired) electrons. The van der Waals surface area contributed by atoms with Gasteiger partial charge in [-0.3, -0.25) is 4.79 Å². The molecule has 0 unspecified atom stereocenters. The highest BCUT2D eigenvalue weighted by molar-refractivity contribution is 5.78. The maximum Gasteiger partial charge on any atom is 0.411 e. The lowest BCUT2D eigenvalue weighted by molar-refractivity contribution is -0.163. The van der Waals surface area contributed by atoms with Crippen LogP contribution in [0.15, 0.2) is 0 Å². The standard InChI is InChI=1S/C12H19F3N2O3/c1-3-10(4-2,8(18)19)7-16-9(20)17-11(5-6-11)12(13,14)15/h3-7H2,1-2H3,(H,18,19)(H2,16,17,20). The summed E-state index contributed by atoms with van der Waals surface area (Å²) in [5.41, 5.74) is -3.28. The topological polar surface area (TPSA) is 78.4 Å². The number of rotatable bonds is 6. The van der Waals surface area contributed by atoms with Gasteiger partial charge in [-0.05, 0) is 25.7 Å². The Balaban J connectivity index is 2.58. The van der Waals surface area contributed by atoms with E-state index in [2.05, 4.69) is 5.32 Å². The van der Waals surface area contributed by atoms with Gasteiger partial charge in [-0.25, -0.2) is 4.79 Å². The molecule has 1 fully saturated rings. The Bertz CT molecular complexity index is 388. The van der Waals surface area contributed by atoms with Crippen molar-refractivity contribution in [2.45, 2.75) is 51.2 Å². The van der Waals surface area contributed by atoms with Crippen molar-refractivity contribution in [3.63, 3.8) is 0 Å². The molecule has 0 spiro atoms. The number of hydrogen-bond acceptors (Lipinski definition) is 2. The van der Waals surface area contributed by atoms with Crippen LogP contribution < -0.4 is 10.6 Å². The van der Waals surface area contributed by atoms with Gasteiger partial charge in [0.15, 0.2) is 0 Å². The molecule has 0 atom stereocenters. The van der Waals surface area contributed by atoms with Crippen LogP contribution >= 0.6 is 0 Å². The molecule has 3 N–H and O–H groups in total. The van der Waals surface area contributed by atoms with E-state index in [9.17, 15) is 22.8 Å². The van der Waals surface area contributed by atoms with E-state index in [-0.39, 0.29) is 32.2 Å². The average Bonchev–Trinajstić information content (AvgIpc) is 3.11. The molecule has 20 heavy (non-hydrogen) atoms. The van der Waals surface area contributed by atoms with Crippen LogP contribution in [-0.2, 0) is 4.79 Å². The van der Waals surface area contributed by atoms with E-state index in [1.54, 1.807) is 13.8 Å². The second-order valence-electron chi connectivity index (χ2n) is 5.18. The Morgan fingerprint density at radius 1 is 1.20 bits per heavy atom. The van der Waals surface area contributed by atoms with Crippen LogP contribution in [0.25, 0.3) is 0 Å². The second kappa shape index (κ2) is 5.49. The third kappa shape index (κ3) is 3.16. The zero-order chi connectivity index (χ0) is 15.6. The van der Waals surface area contributed by atoms with Gasteiger partial charge in [-0.15, -0.1) is 0 Å². The Hall–Kier alpha value is -1.47. The number of hydrogen-bond donors (Lipinski definition) is 3. The van der Waals surface area contributed by atoms with Crippen LogP contribution in [0.5, 0.6) is 0 Å². The summed E-state index contributed by atoms with van der Waals surface area (Å²) in [6, 6.07) is -0.979. The van der Waals surface area contributed by atoms with E-state index < -0.39 is 29.1 Å². The van der Waals surface area contributed by atoms with Crippen molar-refractivity contribution >= 4 is 12.0 Å². The molecule has 1 aliphatic rings. The number of carbonyl (C=O) groups excluding carboxylic acids is 1. The summed E-state index contributed by atoms with van der Waals surface area (Å²) in [4.78, 5) is 22.7. The minimum Gasteiger partial charge on any atom is -0.481 e. The number of alkyl halides is 3. The van der Waals surface area contributed by atoms with Crippen molar-refractivity contribution < 1.29 is 27.9 Å². The molecule has 116 valence electrons. The SMILES string of the molecule is CCC(CC)(CNC(=O)NC1(C(F)(F)F)CC1)C(=O)O. The molecular weight excluding hydrogens is 277 g/mol. The van der Waals surface area contributed by atoms with Gasteiger partial charge in [0, 0.05) is 6.54 Å². The summed E-state index contributed by atoms with van der Waals surface area (Å²) in [6.07, 6.45) is -4.21. The lowest BCUT2D eigenvalue weighted by Gasteiger charge is -2.28. The molecule has 0 aromatic heterocycles. The molecule has 8 heteroatoms. The predicted octanol–water partition coefficient (Wildman–Crippen LogP) is 2.27. The first-order valence-electron chi connectivity index (χ1n) is 6.48. The number of amides is 2. The largest absolute Gasteiger partial charge is 0.481 e. The first-order valence-corrected chi connectivity index (χ1v) is 6.48. The number of nitrogens with one attached hydrogen (secondary N) is 2. The van der Waals surface area contributed by atoms with Gasteiger partial charge in [-0.2, -0.15) is 13.2 Å². The molecule has 5 nitrogen and oxygen atoms in total. The predicted molar refractivity (Wildman–Crippen MR) is 65.2 cm³/mol. The average molecular weight is 296 g/mol. The van der Waals surface area contributed by atoms with Crippen molar-refractivity contribution in [1.29, 1.82) is 0 Å². The molecule has 0 bridgehead atoms. The summed E-state index contributed by atoms with van der Waals surface area (Å²) < 4.78 is 38.0. The van der Waals surface area contributed by atoms with E-state index in [0.29, 0.717) is 0 Å². The highest BCUT2D eigenvalue weighted by Crippen LogP contribution is 2.48. The van der Waals surface area contributed by atoms with Gasteiger partial charge in [0.05, 0.1) is 5.41 Å². The first-order chi connectivity index (χ1) is 9.12. The van der Waals surface area contributed by atoms with Crippen LogP contribution in [0.4, 0.5) is 18.0 Å². The Kier molecular flexibility index (Phi) is 4.55. The first kappa shape index (κ1) is 16.6. The summed E-state index contributed by atoms with van der Waals surface area (Å²) >= 11 is 0. The monoisotopic (exact) mass is 296 g/mol. The Morgan fingerprint density at radius 3 is 2.00 bits per heavy atom. The zero-order valence-corrected chi connectivity index (χ0v) is 11.4. The van der Waals surface area contributed by atoms with E-state index in [1.165, 1.54) is 0 Å². The molecule has 1 aliphatic carbocycles. The smallest absolute Gasteiger partial charge is 0.411 e. The van der Waals surface area contributed by atoms with E-state index in [1.807, 2.05) is 5.32 Å². The molecule has 0 saturated heterocycles. The minimum atomic E-state index is -4.48. The summed E-state index contributed by atoms with van der Waals surface area (Å²) in [6.45, 7) is 3.12. The fourth-order valence-electron chi connectivity index (χ4n) is 1.99. The normalized spacial score (nSPS) is 17.4. The number of carboxylic acid groups (broad SMARTS) is 1. The number of carboxylic acids is 1. The molecule has 2 amide bonds. The third-order valence-corrected chi connectivity index (χ3v) is 4.04.